The van der Waals surface area contributed by atoms with Crippen LogP contribution in [0.1, 0.15) is 42.9 Å². The maximum atomic E-state index is 12.5. The van der Waals surface area contributed by atoms with Gasteiger partial charge in [-0.15, -0.1) is 0 Å². The summed E-state index contributed by atoms with van der Waals surface area (Å²) in [5, 5.41) is 17.5. The third-order valence-electron chi connectivity index (χ3n) is 5.07. The molecule has 6 nitrogen and oxygen atoms in total. The monoisotopic (exact) mass is 377 g/mol. The molecule has 0 bridgehead atoms. The van der Waals surface area contributed by atoms with E-state index in [9.17, 15) is 9.90 Å². The molecule has 1 aromatic heterocycles. The molecule has 28 heavy (non-hydrogen) atoms. The van der Waals surface area contributed by atoms with Crippen LogP contribution in [0.25, 0.3) is 5.69 Å². The van der Waals surface area contributed by atoms with Crippen LogP contribution in [0.5, 0.6) is 11.5 Å². The van der Waals surface area contributed by atoms with Crippen molar-refractivity contribution in [3.8, 4) is 17.2 Å². The van der Waals surface area contributed by atoms with Gasteiger partial charge >= 0.3 is 0 Å². The number of phenolic OH excluding ortho intramolecular Hbond substituents is 1. The number of aryl methyl sites for hydroxylation is 1. The first-order valence-corrected chi connectivity index (χ1v) is 9.53. The van der Waals surface area contributed by atoms with E-state index in [1.807, 2.05) is 31.3 Å². The van der Waals surface area contributed by atoms with Gasteiger partial charge in [0.1, 0.15) is 5.82 Å². The number of hydrogen-bond acceptors (Lipinski definition) is 4. The molecule has 0 fully saturated rings. The molecule has 0 spiro atoms. The van der Waals surface area contributed by atoms with Gasteiger partial charge in [-0.25, -0.2) is 4.68 Å². The fraction of sp³-hybridized carbons (Fsp3) is 0.273. The number of hydrogen-bond donors (Lipinski definition) is 2. The Balaban J connectivity index is 1.77. The number of ether oxygens (including phenoxy) is 1. The number of benzene rings is 2. The Bertz CT molecular complexity index is 1030. The maximum Gasteiger partial charge on any atom is 0.226 e. The second kappa shape index (κ2) is 7.38. The third-order valence-corrected chi connectivity index (χ3v) is 5.07. The van der Waals surface area contributed by atoms with Gasteiger partial charge in [-0.1, -0.05) is 25.1 Å². The molecule has 6 heteroatoms. The molecular weight excluding hydrogens is 354 g/mol. The topological polar surface area (TPSA) is 76.4 Å². The van der Waals surface area contributed by atoms with E-state index in [1.165, 1.54) is 5.56 Å². The maximum absolute atomic E-state index is 12.5. The molecule has 1 aliphatic rings. The van der Waals surface area contributed by atoms with E-state index in [1.54, 1.807) is 16.8 Å². The van der Waals surface area contributed by atoms with Crippen molar-refractivity contribution >= 4 is 11.7 Å². The van der Waals surface area contributed by atoms with Gasteiger partial charge in [-0.2, -0.15) is 5.10 Å². The Morgan fingerprint density at radius 2 is 2.11 bits per heavy atom. The largest absolute Gasteiger partial charge is 0.504 e. The number of carbonyl (C=O) groups excluding carboxylic acids is 1. The highest BCUT2D eigenvalue weighted by atomic mass is 16.5. The SMILES string of the molecule is CCOc1cc(C2CC(=O)Nc3c2cnn3-c2cccc(CC)c2)ccc1O. The second-order valence-electron chi connectivity index (χ2n) is 6.85. The predicted octanol–water partition coefficient (Wildman–Crippen LogP) is 4.01. The van der Waals surface area contributed by atoms with Crippen LogP contribution in [-0.4, -0.2) is 27.4 Å². The zero-order chi connectivity index (χ0) is 19.7. The number of rotatable bonds is 5. The summed E-state index contributed by atoms with van der Waals surface area (Å²) >= 11 is 0. The van der Waals surface area contributed by atoms with Crippen LogP contribution in [0.2, 0.25) is 0 Å². The lowest BCUT2D eigenvalue weighted by atomic mass is 9.87. The summed E-state index contributed by atoms with van der Waals surface area (Å²) in [6, 6.07) is 13.4. The molecule has 2 aromatic carbocycles. The number of aromatic nitrogens is 2. The molecule has 0 radical (unpaired) electrons. The summed E-state index contributed by atoms with van der Waals surface area (Å²) in [7, 11) is 0. The van der Waals surface area contributed by atoms with E-state index in [0.29, 0.717) is 24.6 Å². The molecule has 1 amide bonds. The Hall–Kier alpha value is -3.28. The number of amides is 1. The molecular formula is C22H23N3O3. The first-order chi connectivity index (χ1) is 13.6. The van der Waals surface area contributed by atoms with E-state index in [0.717, 1.165) is 23.2 Å². The summed E-state index contributed by atoms with van der Waals surface area (Å²) in [5.74, 6) is 1.01. The molecule has 3 aromatic rings. The van der Waals surface area contributed by atoms with E-state index >= 15 is 0 Å². The number of aromatic hydroxyl groups is 1. The summed E-state index contributed by atoms with van der Waals surface area (Å²) < 4.78 is 7.29. The fourth-order valence-corrected chi connectivity index (χ4v) is 3.64. The van der Waals surface area contributed by atoms with E-state index in [4.69, 9.17) is 4.74 Å². The molecule has 0 aliphatic carbocycles. The van der Waals surface area contributed by atoms with Crippen molar-refractivity contribution in [2.45, 2.75) is 32.6 Å². The molecule has 2 heterocycles. The number of fused-ring (bicyclic) bond motifs is 1. The van der Waals surface area contributed by atoms with E-state index < -0.39 is 0 Å². The Morgan fingerprint density at radius 3 is 2.89 bits per heavy atom. The van der Waals surface area contributed by atoms with Gasteiger partial charge in [-0.05, 0) is 48.7 Å². The van der Waals surface area contributed by atoms with Crippen LogP contribution >= 0.6 is 0 Å². The smallest absolute Gasteiger partial charge is 0.226 e. The lowest BCUT2D eigenvalue weighted by molar-refractivity contribution is -0.116. The molecule has 1 unspecified atom stereocenters. The van der Waals surface area contributed by atoms with Crippen LogP contribution in [0.4, 0.5) is 5.82 Å². The second-order valence-corrected chi connectivity index (χ2v) is 6.85. The van der Waals surface area contributed by atoms with Crippen molar-refractivity contribution in [3.63, 3.8) is 0 Å². The summed E-state index contributed by atoms with van der Waals surface area (Å²) in [6.07, 6.45) is 3.06. The van der Waals surface area contributed by atoms with Crippen molar-refractivity contribution in [2.75, 3.05) is 11.9 Å². The van der Waals surface area contributed by atoms with E-state index in [2.05, 4.69) is 29.5 Å². The highest BCUT2D eigenvalue weighted by Gasteiger charge is 2.31. The van der Waals surface area contributed by atoms with Gasteiger partial charge in [0, 0.05) is 17.9 Å². The summed E-state index contributed by atoms with van der Waals surface area (Å²) in [5.41, 5.74) is 4.00. The van der Waals surface area contributed by atoms with Gasteiger partial charge in [0.15, 0.2) is 11.5 Å². The summed E-state index contributed by atoms with van der Waals surface area (Å²) in [6.45, 7) is 4.43. The molecule has 144 valence electrons. The molecule has 1 atom stereocenters. The Labute approximate surface area is 163 Å². The minimum atomic E-state index is -0.147. The number of anilines is 1. The first-order valence-electron chi connectivity index (χ1n) is 9.53. The minimum Gasteiger partial charge on any atom is -0.504 e. The third kappa shape index (κ3) is 3.22. The van der Waals surface area contributed by atoms with Crippen LogP contribution in [0.15, 0.2) is 48.7 Å². The molecule has 2 N–H and O–H groups in total. The lowest BCUT2D eigenvalue weighted by Gasteiger charge is -2.24. The normalized spacial score (nSPS) is 15.8. The molecule has 4 rings (SSSR count). The van der Waals surface area contributed by atoms with Crippen molar-refractivity contribution in [2.24, 2.45) is 0 Å². The number of carbonyl (C=O) groups is 1. The van der Waals surface area contributed by atoms with Crippen molar-refractivity contribution < 1.29 is 14.6 Å². The zero-order valence-electron chi connectivity index (χ0n) is 16.0. The number of nitrogens with zero attached hydrogens (tertiary/aromatic N) is 2. The van der Waals surface area contributed by atoms with Crippen molar-refractivity contribution in [1.82, 2.24) is 9.78 Å². The van der Waals surface area contributed by atoms with E-state index in [-0.39, 0.29) is 17.6 Å². The summed E-state index contributed by atoms with van der Waals surface area (Å²) in [4.78, 5) is 12.5. The quantitative estimate of drug-likeness (QED) is 0.704. The van der Waals surface area contributed by atoms with Crippen LogP contribution in [0, 0.1) is 0 Å². The van der Waals surface area contributed by atoms with Crippen molar-refractivity contribution in [1.29, 1.82) is 0 Å². The average molecular weight is 377 g/mol. The van der Waals surface area contributed by atoms with Crippen LogP contribution in [0.3, 0.4) is 0 Å². The number of phenols is 1. The van der Waals surface area contributed by atoms with Gasteiger partial charge in [0.05, 0.1) is 18.5 Å². The Kier molecular flexibility index (Phi) is 4.77. The molecule has 0 saturated heterocycles. The van der Waals surface area contributed by atoms with Gasteiger partial charge in [0.25, 0.3) is 0 Å². The zero-order valence-corrected chi connectivity index (χ0v) is 16.0. The van der Waals surface area contributed by atoms with Crippen LogP contribution < -0.4 is 10.1 Å². The molecule has 0 saturated carbocycles. The van der Waals surface area contributed by atoms with Crippen molar-refractivity contribution in [3.05, 3.63) is 65.4 Å². The molecule has 1 aliphatic heterocycles. The van der Waals surface area contributed by atoms with Gasteiger partial charge in [-0.3, -0.25) is 4.79 Å². The minimum absolute atomic E-state index is 0.0584. The highest BCUT2D eigenvalue weighted by molar-refractivity contribution is 5.94. The highest BCUT2D eigenvalue weighted by Crippen LogP contribution is 2.40. The Morgan fingerprint density at radius 1 is 1.25 bits per heavy atom. The predicted molar refractivity (Wildman–Crippen MR) is 107 cm³/mol. The average Bonchev–Trinajstić information content (AvgIpc) is 3.13. The first kappa shape index (κ1) is 18.1. The standard InChI is InChI=1S/C22H23N3O3/c1-3-14-6-5-7-16(10-14)25-22-18(13-23-25)17(12-21(27)24-22)15-8-9-19(26)20(11-15)28-4-2/h5-11,13,17,26H,3-4,12H2,1-2H3,(H,24,27). The van der Waals surface area contributed by atoms with Gasteiger partial charge < -0.3 is 15.2 Å². The lowest BCUT2D eigenvalue weighted by Crippen LogP contribution is -2.24. The van der Waals surface area contributed by atoms with Gasteiger partial charge in [0.2, 0.25) is 5.91 Å². The van der Waals surface area contributed by atoms with Crippen LogP contribution in [-0.2, 0) is 11.2 Å². The number of nitrogens with one attached hydrogen (secondary N) is 1. The fourth-order valence-electron chi connectivity index (χ4n) is 3.64.